The zero-order valence-electron chi connectivity index (χ0n) is 6.06. The molecule has 1 rings (SSSR count). The van der Waals surface area contributed by atoms with Crippen LogP contribution in [0.5, 0.6) is 0 Å². The van der Waals surface area contributed by atoms with Gasteiger partial charge < -0.3 is 0 Å². The largest absolute Gasteiger partial charge is 0.402 e. The van der Waals surface area contributed by atoms with Crippen molar-refractivity contribution in [2.45, 2.75) is 6.04 Å². The second-order valence-corrected chi connectivity index (χ2v) is 3.76. The quantitative estimate of drug-likeness (QED) is 0.375. The number of nitrogens with zero attached hydrogens (tertiary/aromatic N) is 1. The molecule has 0 aromatic heterocycles. The van der Waals surface area contributed by atoms with E-state index in [1.165, 1.54) is 0 Å². The molecule has 0 amide bonds. The lowest BCUT2D eigenvalue weighted by molar-refractivity contribution is -0.322. The van der Waals surface area contributed by atoms with Crippen molar-refractivity contribution in [2.75, 3.05) is 0 Å². The van der Waals surface area contributed by atoms with Crippen molar-refractivity contribution >= 4 is 9.68 Å². The zero-order valence-corrected chi connectivity index (χ0v) is 7.48. The van der Waals surface area contributed by atoms with Crippen LogP contribution < -0.4 is 0 Å². The van der Waals surface area contributed by atoms with Crippen molar-refractivity contribution in [1.29, 1.82) is 0 Å². The molecule has 1 aromatic carbocycles. The molecule has 0 atom stereocenters. The predicted molar refractivity (Wildman–Crippen MR) is 45.7 cm³/mol. The van der Waals surface area contributed by atoms with Gasteiger partial charge in [-0.15, -0.1) is 0 Å². The molecule has 0 spiro atoms. The Morgan fingerprint density at radius 2 is 2.00 bits per heavy atom. The van der Waals surface area contributed by atoms with Crippen LogP contribution in [0.25, 0.3) is 0 Å². The summed E-state index contributed by atoms with van der Waals surface area (Å²) in [6.45, 7) is 0. The van der Waals surface area contributed by atoms with Crippen molar-refractivity contribution < 1.29 is 4.59 Å². The van der Waals surface area contributed by atoms with E-state index in [-0.39, 0.29) is 4.59 Å². The molecule has 0 fully saturated rings. The minimum absolute atomic E-state index is 0.160. The van der Waals surface area contributed by atoms with E-state index < -0.39 is 9.68 Å². The molecule has 0 heterocycles. The van der Waals surface area contributed by atoms with Crippen molar-refractivity contribution in [3.8, 4) is 0 Å². The van der Waals surface area contributed by atoms with Gasteiger partial charge >= 0.3 is 9.68 Å². The van der Waals surface area contributed by atoms with E-state index in [0.29, 0.717) is 6.04 Å². The number of hydrogen-bond donors (Lipinski definition) is 0. The SMILES string of the molecule is O=[N+]([O-])[SiH2]Cc1ccccc1. The maximum atomic E-state index is 10.0. The Morgan fingerprint density at radius 1 is 1.36 bits per heavy atom. The van der Waals surface area contributed by atoms with Crippen molar-refractivity contribution in [3.63, 3.8) is 0 Å². The molecule has 11 heavy (non-hydrogen) atoms. The van der Waals surface area contributed by atoms with Crippen molar-refractivity contribution in [3.05, 3.63) is 46.0 Å². The van der Waals surface area contributed by atoms with Gasteiger partial charge in [0.15, 0.2) is 0 Å². The molecule has 0 aliphatic carbocycles. The maximum absolute atomic E-state index is 10.0. The number of nitro groups is 1. The Kier molecular flexibility index (Phi) is 2.80. The number of hydrogen-bond acceptors (Lipinski definition) is 2. The lowest BCUT2D eigenvalue weighted by Crippen LogP contribution is -2.08. The van der Waals surface area contributed by atoms with Crippen LogP contribution in [-0.2, 0) is 6.04 Å². The fourth-order valence-electron chi connectivity index (χ4n) is 0.865. The molecular formula is C7H9NO2Si. The van der Waals surface area contributed by atoms with Gasteiger partial charge in [-0.25, -0.2) is 0 Å². The fraction of sp³-hybridized carbons (Fsp3) is 0.143. The molecule has 0 saturated heterocycles. The number of rotatable bonds is 3. The fourth-order valence-corrected chi connectivity index (χ4v) is 1.64. The first-order valence-electron chi connectivity index (χ1n) is 3.45. The Bertz CT molecular complexity index is 237. The molecule has 1 aromatic rings. The van der Waals surface area contributed by atoms with Gasteiger partial charge in [-0.3, -0.25) is 10.1 Å². The highest BCUT2D eigenvalue weighted by Gasteiger charge is 2.00. The normalized spacial score (nSPS) is 10.5. The Labute approximate surface area is 67.1 Å². The summed E-state index contributed by atoms with van der Waals surface area (Å²) >= 11 is 0. The molecule has 0 unspecified atom stereocenters. The van der Waals surface area contributed by atoms with Crippen LogP contribution in [0.4, 0.5) is 0 Å². The monoisotopic (exact) mass is 167 g/mol. The maximum Gasteiger partial charge on any atom is 0.402 e. The van der Waals surface area contributed by atoms with E-state index in [0.717, 1.165) is 5.56 Å². The van der Waals surface area contributed by atoms with Gasteiger partial charge in [0.1, 0.15) is 0 Å². The van der Waals surface area contributed by atoms with Gasteiger partial charge in [0.05, 0.1) is 0 Å². The molecule has 4 heteroatoms. The van der Waals surface area contributed by atoms with Crippen molar-refractivity contribution in [1.82, 2.24) is 0 Å². The Hall–Kier alpha value is -1.16. The minimum atomic E-state index is -1.13. The minimum Gasteiger partial charge on any atom is -0.290 e. The van der Waals surface area contributed by atoms with E-state index in [9.17, 15) is 10.1 Å². The van der Waals surface area contributed by atoms with Gasteiger partial charge in [0.2, 0.25) is 0 Å². The van der Waals surface area contributed by atoms with E-state index >= 15 is 0 Å². The van der Waals surface area contributed by atoms with Crippen molar-refractivity contribution in [2.24, 2.45) is 0 Å². The lowest BCUT2D eigenvalue weighted by Gasteiger charge is -1.93. The van der Waals surface area contributed by atoms with Gasteiger partial charge in [0, 0.05) is 6.04 Å². The van der Waals surface area contributed by atoms with Crippen LogP contribution in [0, 0.1) is 10.1 Å². The van der Waals surface area contributed by atoms with Crippen LogP contribution in [-0.4, -0.2) is 14.3 Å². The summed E-state index contributed by atoms with van der Waals surface area (Å²) in [5.74, 6) is 0. The molecule has 0 saturated carbocycles. The first-order chi connectivity index (χ1) is 5.29. The molecular weight excluding hydrogens is 158 g/mol. The third-order valence-electron chi connectivity index (χ3n) is 1.43. The smallest absolute Gasteiger partial charge is 0.290 e. The Morgan fingerprint density at radius 3 is 2.55 bits per heavy atom. The van der Waals surface area contributed by atoms with Crippen LogP contribution in [0.2, 0.25) is 0 Å². The third-order valence-corrected chi connectivity index (χ3v) is 2.59. The molecule has 0 aliphatic rings. The topological polar surface area (TPSA) is 43.1 Å². The molecule has 0 aliphatic heterocycles. The molecule has 3 nitrogen and oxygen atoms in total. The summed E-state index contributed by atoms with van der Waals surface area (Å²) in [5.41, 5.74) is 1.08. The second-order valence-electron chi connectivity index (χ2n) is 2.29. The molecule has 58 valence electrons. The van der Waals surface area contributed by atoms with Crippen LogP contribution >= 0.6 is 0 Å². The molecule has 0 N–H and O–H groups in total. The van der Waals surface area contributed by atoms with Crippen LogP contribution in [0.1, 0.15) is 5.56 Å². The number of benzene rings is 1. The predicted octanol–water partition coefficient (Wildman–Crippen LogP) is 0.547. The Balaban J connectivity index is 2.45. The van der Waals surface area contributed by atoms with Gasteiger partial charge in [-0.05, 0) is 5.56 Å². The van der Waals surface area contributed by atoms with E-state index in [1.807, 2.05) is 30.3 Å². The zero-order chi connectivity index (χ0) is 8.10. The van der Waals surface area contributed by atoms with E-state index in [4.69, 9.17) is 0 Å². The third kappa shape index (κ3) is 2.95. The summed E-state index contributed by atoms with van der Waals surface area (Å²) in [7, 11) is -1.13. The summed E-state index contributed by atoms with van der Waals surface area (Å²) < 4.78 is -0.160. The van der Waals surface area contributed by atoms with Crippen LogP contribution in [0.3, 0.4) is 0 Å². The van der Waals surface area contributed by atoms with Gasteiger partial charge in [-0.1, -0.05) is 34.9 Å². The average molecular weight is 167 g/mol. The standard InChI is InChI=1S/C7H9NO2Si/c9-8(10)11-6-7-4-2-1-3-5-7/h1-5H,6,11H2. The van der Waals surface area contributed by atoms with E-state index in [2.05, 4.69) is 0 Å². The van der Waals surface area contributed by atoms with Gasteiger partial charge in [0.25, 0.3) is 0 Å². The summed E-state index contributed by atoms with van der Waals surface area (Å²) in [5, 5.41) is 10.0. The van der Waals surface area contributed by atoms with E-state index in [1.54, 1.807) is 0 Å². The van der Waals surface area contributed by atoms with Crippen LogP contribution in [0.15, 0.2) is 30.3 Å². The average Bonchev–Trinajstić information content (AvgIpc) is 2.03. The second kappa shape index (κ2) is 3.87. The first kappa shape index (κ1) is 7.94. The van der Waals surface area contributed by atoms with Gasteiger partial charge in [-0.2, -0.15) is 0 Å². The molecule has 0 radical (unpaired) electrons. The first-order valence-corrected chi connectivity index (χ1v) is 5.08. The summed E-state index contributed by atoms with van der Waals surface area (Å²) in [4.78, 5) is 10.0. The summed E-state index contributed by atoms with van der Waals surface area (Å²) in [6, 6.07) is 10.2. The molecule has 0 bridgehead atoms. The lowest BCUT2D eigenvalue weighted by atomic mass is 10.2. The summed E-state index contributed by atoms with van der Waals surface area (Å²) in [6.07, 6.45) is 0. The highest BCUT2D eigenvalue weighted by Crippen LogP contribution is 1.97. The highest BCUT2D eigenvalue weighted by atomic mass is 28.2. The highest BCUT2D eigenvalue weighted by molar-refractivity contribution is 6.24.